The fraction of sp³-hybridized carbons (Fsp3) is 0.600. The molecule has 1 fully saturated rings. The summed E-state index contributed by atoms with van der Waals surface area (Å²) in [5.74, 6) is 0.921. The molecule has 2 rings (SSSR count). The predicted octanol–water partition coefficient (Wildman–Crippen LogP) is 2.29. The van der Waals surface area contributed by atoms with E-state index >= 15 is 0 Å². The molecule has 1 saturated heterocycles. The highest BCUT2D eigenvalue weighted by Gasteiger charge is 2.18. The third kappa shape index (κ3) is 4.14. The summed E-state index contributed by atoms with van der Waals surface area (Å²) >= 11 is 0. The predicted molar refractivity (Wildman–Crippen MR) is 73.0 cm³/mol. The van der Waals surface area contributed by atoms with Gasteiger partial charge in [-0.2, -0.15) is 0 Å². The molecule has 1 heterocycles. The molecule has 17 heavy (non-hydrogen) atoms. The van der Waals surface area contributed by atoms with Crippen LogP contribution in [0.3, 0.4) is 0 Å². The summed E-state index contributed by atoms with van der Waals surface area (Å²) in [5.41, 5.74) is 7.07. The molecule has 0 aliphatic carbocycles. The third-order valence-corrected chi connectivity index (χ3v) is 3.84. The van der Waals surface area contributed by atoms with Gasteiger partial charge in [0.05, 0.1) is 0 Å². The fourth-order valence-corrected chi connectivity index (χ4v) is 2.70. The second kappa shape index (κ2) is 6.77. The van der Waals surface area contributed by atoms with Gasteiger partial charge < -0.3 is 10.6 Å². The molecule has 0 saturated carbocycles. The van der Waals surface area contributed by atoms with Gasteiger partial charge in [0.25, 0.3) is 0 Å². The molecule has 2 nitrogen and oxygen atoms in total. The van der Waals surface area contributed by atoms with E-state index in [0.29, 0.717) is 0 Å². The summed E-state index contributed by atoms with van der Waals surface area (Å²) in [6.07, 6.45) is 5.29. The van der Waals surface area contributed by atoms with Gasteiger partial charge in [0.15, 0.2) is 0 Å². The molecule has 0 spiro atoms. The van der Waals surface area contributed by atoms with Gasteiger partial charge >= 0.3 is 0 Å². The van der Waals surface area contributed by atoms with E-state index in [1.807, 2.05) is 0 Å². The van der Waals surface area contributed by atoms with E-state index in [2.05, 4.69) is 35.2 Å². The summed E-state index contributed by atoms with van der Waals surface area (Å²) in [4.78, 5) is 2.50. The minimum atomic E-state index is 0.800. The van der Waals surface area contributed by atoms with Gasteiger partial charge in [0.1, 0.15) is 0 Å². The lowest BCUT2D eigenvalue weighted by molar-refractivity contribution is 0.183. The Morgan fingerprint density at radius 2 is 1.82 bits per heavy atom. The van der Waals surface area contributed by atoms with Crippen molar-refractivity contribution < 1.29 is 0 Å². The van der Waals surface area contributed by atoms with Gasteiger partial charge in [-0.05, 0) is 50.3 Å². The smallest absolute Gasteiger partial charge is 0.0105 e. The lowest BCUT2D eigenvalue weighted by Gasteiger charge is -2.31. The molecule has 0 aromatic heterocycles. The molecular formula is C15H24N2. The van der Waals surface area contributed by atoms with Crippen LogP contribution in [0, 0.1) is 5.92 Å². The van der Waals surface area contributed by atoms with E-state index in [-0.39, 0.29) is 0 Å². The monoisotopic (exact) mass is 232 g/mol. The first-order chi connectivity index (χ1) is 8.38. The number of aryl methyl sites for hydroxylation is 1. The first kappa shape index (κ1) is 12.6. The first-order valence-electron chi connectivity index (χ1n) is 6.85. The van der Waals surface area contributed by atoms with E-state index in [1.165, 1.54) is 44.3 Å². The highest BCUT2D eigenvalue weighted by Crippen LogP contribution is 2.22. The van der Waals surface area contributed by atoms with Crippen molar-refractivity contribution in [2.24, 2.45) is 11.7 Å². The van der Waals surface area contributed by atoms with E-state index in [4.69, 9.17) is 5.73 Å². The normalized spacial score (nSPS) is 18.4. The Labute approximate surface area is 105 Å². The molecule has 94 valence electrons. The van der Waals surface area contributed by atoms with Crippen molar-refractivity contribution in [1.82, 2.24) is 4.90 Å². The van der Waals surface area contributed by atoms with Crippen LogP contribution in [-0.2, 0) is 6.42 Å². The summed E-state index contributed by atoms with van der Waals surface area (Å²) in [5, 5.41) is 0. The average molecular weight is 232 g/mol. The fourth-order valence-electron chi connectivity index (χ4n) is 2.70. The van der Waals surface area contributed by atoms with Crippen molar-refractivity contribution >= 4 is 0 Å². The molecule has 0 bridgehead atoms. The Morgan fingerprint density at radius 3 is 2.47 bits per heavy atom. The Morgan fingerprint density at radius 1 is 1.12 bits per heavy atom. The molecule has 2 heteroatoms. The van der Waals surface area contributed by atoms with Crippen LogP contribution in [-0.4, -0.2) is 31.1 Å². The van der Waals surface area contributed by atoms with Crippen LogP contribution in [0.25, 0.3) is 0 Å². The lowest BCUT2D eigenvalue weighted by atomic mass is 9.90. The molecule has 1 aromatic rings. The molecule has 0 atom stereocenters. The number of hydrogen-bond acceptors (Lipinski definition) is 2. The number of nitrogens with two attached hydrogens (primary N) is 1. The maximum absolute atomic E-state index is 5.59. The Bertz CT molecular complexity index is 302. The van der Waals surface area contributed by atoms with Gasteiger partial charge in [0, 0.05) is 13.1 Å². The molecule has 1 aromatic carbocycles. The molecular weight excluding hydrogens is 208 g/mol. The maximum Gasteiger partial charge on any atom is 0.0105 e. The van der Waals surface area contributed by atoms with Crippen LogP contribution < -0.4 is 5.73 Å². The summed E-state index contributed by atoms with van der Waals surface area (Å²) < 4.78 is 0. The highest BCUT2D eigenvalue weighted by molar-refractivity contribution is 5.14. The minimum Gasteiger partial charge on any atom is -0.329 e. The lowest BCUT2D eigenvalue weighted by Crippen LogP contribution is -2.37. The summed E-state index contributed by atoms with van der Waals surface area (Å²) in [7, 11) is 0. The van der Waals surface area contributed by atoms with E-state index < -0.39 is 0 Å². The number of benzene rings is 1. The van der Waals surface area contributed by atoms with Crippen LogP contribution in [0.1, 0.15) is 24.8 Å². The number of likely N-dealkylation sites (tertiary alicyclic amines) is 1. The highest BCUT2D eigenvalue weighted by atomic mass is 15.1. The molecule has 2 N–H and O–H groups in total. The van der Waals surface area contributed by atoms with Gasteiger partial charge in [-0.3, -0.25) is 0 Å². The standard InChI is InChI=1S/C15H24N2/c16-10-13-17-11-8-15(9-12-17)7-6-14-4-2-1-3-5-14/h1-5,15H,6-13,16H2. The molecule has 0 radical (unpaired) electrons. The van der Waals surface area contributed by atoms with Crippen LogP contribution in [0.5, 0.6) is 0 Å². The van der Waals surface area contributed by atoms with E-state index in [1.54, 1.807) is 0 Å². The molecule has 0 unspecified atom stereocenters. The first-order valence-corrected chi connectivity index (χ1v) is 6.85. The zero-order chi connectivity index (χ0) is 11.9. The number of nitrogens with zero attached hydrogens (tertiary/aromatic N) is 1. The van der Waals surface area contributed by atoms with Crippen LogP contribution >= 0.6 is 0 Å². The Balaban J connectivity index is 1.68. The SMILES string of the molecule is NCCN1CCC(CCc2ccccc2)CC1. The zero-order valence-electron chi connectivity index (χ0n) is 10.6. The van der Waals surface area contributed by atoms with Crippen molar-refractivity contribution in [2.75, 3.05) is 26.2 Å². The molecule has 0 amide bonds. The van der Waals surface area contributed by atoms with Gasteiger partial charge in [-0.25, -0.2) is 0 Å². The zero-order valence-corrected chi connectivity index (χ0v) is 10.6. The van der Waals surface area contributed by atoms with E-state index in [9.17, 15) is 0 Å². The van der Waals surface area contributed by atoms with Gasteiger partial charge in [-0.1, -0.05) is 30.3 Å². The molecule has 1 aliphatic rings. The van der Waals surface area contributed by atoms with Crippen molar-refractivity contribution in [3.05, 3.63) is 35.9 Å². The van der Waals surface area contributed by atoms with Gasteiger partial charge in [-0.15, -0.1) is 0 Å². The van der Waals surface area contributed by atoms with Crippen LogP contribution in [0.2, 0.25) is 0 Å². The quantitative estimate of drug-likeness (QED) is 0.844. The largest absolute Gasteiger partial charge is 0.329 e. The van der Waals surface area contributed by atoms with E-state index in [0.717, 1.165) is 19.0 Å². The molecule has 1 aliphatic heterocycles. The second-order valence-corrected chi connectivity index (χ2v) is 5.10. The topological polar surface area (TPSA) is 29.3 Å². The summed E-state index contributed by atoms with van der Waals surface area (Å²) in [6, 6.07) is 10.8. The van der Waals surface area contributed by atoms with Crippen molar-refractivity contribution in [1.29, 1.82) is 0 Å². The summed E-state index contributed by atoms with van der Waals surface area (Å²) in [6.45, 7) is 4.37. The Kier molecular flexibility index (Phi) is 5.02. The maximum atomic E-state index is 5.59. The van der Waals surface area contributed by atoms with Crippen molar-refractivity contribution in [3.8, 4) is 0 Å². The van der Waals surface area contributed by atoms with Crippen LogP contribution in [0.15, 0.2) is 30.3 Å². The van der Waals surface area contributed by atoms with Crippen molar-refractivity contribution in [3.63, 3.8) is 0 Å². The third-order valence-electron chi connectivity index (χ3n) is 3.84. The minimum absolute atomic E-state index is 0.800. The number of rotatable bonds is 5. The second-order valence-electron chi connectivity index (χ2n) is 5.10. The van der Waals surface area contributed by atoms with Crippen molar-refractivity contribution in [2.45, 2.75) is 25.7 Å². The van der Waals surface area contributed by atoms with Gasteiger partial charge in [0.2, 0.25) is 0 Å². The number of hydrogen-bond donors (Lipinski definition) is 1. The van der Waals surface area contributed by atoms with Crippen LogP contribution in [0.4, 0.5) is 0 Å². The number of piperidine rings is 1. The average Bonchev–Trinajstić information content (AvgIpc) is 2.40. The Hall–Kier alpha value is -0.860.